The number of nitrogens with zero attached hydrogens (tertiary/aromatic N) is 2. The van der Waals surface area contributed by atoms with Gasteiger partial charge < -0.3 is 15.8 Å². The van der Waals surface area contributed by atoms with Crippen molar-refractivity contribution in [2.24, 2.45) is 16.8 Å². The van der Waals surface area contributed by atoms with Crippen LogP contribution in [0.25, 0.3) is 0 Å². The van der Waals surface area contributed by atoms with Crippen LogP contribution in [0.3, 0.4) is 0 Å². The van der Waals surface area contributed by atoms with Crippen LogP contribution in [0.4, 0.5) is 13.2 Å². The molecule has 0 spiro atoms. The molecule has 106 valence electrons. The molecule has 1 rings (SSSR count). The fraction of sp³-hybridized carbons (Fsp3) is 0.417. The second-order valence-corrected chi connectivity index (χ2v) is 4.30. The van der Waals surface area contributed by atoms with Crippen LogP contribution in [-0.4, -0.2) is 35.7 Å². The van der Waals surface area contributed by atoms with Gasteiger partial charge in [0.15, 0.2) is 5.84 Å². The Bertz CT molecular complexity index is 420. The lowest BCUT2D eigenvalue weighted by Gasteiger charge is -2.25. The SMILES string of the molecule is CN(Cc1ccccc1)CC(/C(N)=N/O)C(F)(F)F. The maximum absolute atomic E-state index is 12.8. The first-order chi connectivity index (χ1) is 8.84. The maximum Gasteiger partial charge on any atom is 0.400 e. The zero-order chi connectivity index (χ0) is 14.5. The number of hydrogen-bond acceptors (Lipinski definition) is 3. The first-order valence-electron chi connectivity index (χ1n) is 5.61. The first-order valence-corrected chi connectivity index (χ1v) is 5.61. The van der Waals surface area contributed by atoms with E-state index in [1.807, 2.05) is 30.3 Å². The van der Waals surface area contributed by atoms with Crippen LogP contribution < -0.4 is 5.73 Å². The van der Waals surface area contributed by atoms with Gasteiger partial charge in [-0.2, -0.15) is 13.2 Å². The molecule has 0 aliphatic heterocycles. The molecule has 1 unspecified atom stereocenters. The number of rotatable bonds is 5. The molecule has 1 aromatic rings. The Balaban J connectivity index is 2.70. The van der Waals surface area contributed by atoms with Gasteiger partial charge in [-0.3, -0.25) is 0 Å². The van der Waals surface area contributed by atoms with E-state index in [2.05, 4.69) is 5.16 Å². The summed E-state index contributed by atoms with van der Waals surface area (Å²) in [5, 5.41) is 10.9. The van der Waals surface area contributed by atoms with E-state index in [-0.39, 0.29) is 6.54 Å². The third kappa shape index (κ3) is 4.78. The molecule has 0 radical (unpaired) electrons. The number of hydrogen-bond donors (Lipinski definition) is 2. The zero-order valence-electron chi connectivity index (χ0n) is 10.4. The highest BCUT2D eigenvalue weighted by Crippen LogP contribution is 2.27. The summed E-state index contributed by atoms with van der Waals surface area (Å²) in [6.07, 6.45) is -4.54. The van der Waals surface area contributed by atoms with Crippen LogP contribution in [0.2, 0.25) is 0 Å². The van der Waals surface area contributed by atoms with Crippen LogP contribution >= 0.6 is 0 Å². The Morgan fingerprint density at radius 1 is 1.37 bits per heavy atom. The van der Waals surface area contributed by atoms with Gasteiger partial charge in [-0.1, -0.05) is 35.5 Å². The topological polar surface area (TPSA) is 61.8 Å². The highest BCUT2D eigenvalue weighted by atomic mass is 19.4. The van der Waals surface area contributed by atoms with Crippen molar-refractivity contribution in [3.8, 4) is 0 Å². The molecule has 1 aromatic carbocycles. The largest absolute Gasteiger partial charge is 0.409 e. The molecule has 0 aromatic heterocycles. The fourth-order valence-corrected chi connectivity index (χ4v) is 1.71. The van der Waals surface area contributed by atoms with E-state index in [4.69, 9.17) is 10.9 Å². The van der Waals surface area contributed by atoms with Gasteiger partial charge in [-0.25, -0.2) is 0 Å². The van der Waals surface area contributed by atoms with Crippen LogP contribution in [0, 0.1) is 5.92 Å². The molecule has 0 saturated carbocycles. The summed E-state index contributed by atoms with van der Waals surface area (Å²) < 4.78 is 38.3. The second kappa shape index (κ2) is 6.42. The summed E-state index contributed by atoms with van der Waals surface area (Å²) in [4.78, 5) is 1.48. The van der Waals surface area contributed by atoms with E-state index in [0.29, 0.717) is 6.54 Å². The lowest BCUT2D eigenvalue weighted by molar-refractivity contribution is -0.159. The Morgan fingerprint density at radius 3 is 2.42 bits per heavy atom. The Morgan fingerprint density at radius 2 is 1.95 bits per heavy atom. The molecular formula is C12H16F3N3O. The summed E-state index contributed by atoms with van der Waals surface area (Å²) in [5.74, 6) is -2.81. The molecule has 0 amide bonds. The van der Waals surface area contributed by atoms with Gasteiger partial charge in [0.2, 0.25) is 0 Å². The summed E-state index contributed by atoms with van der Waals surface area (Å²) in [6, 6.07) is 9.10. The highest BCUT2D eigenvalue weighted by Gasteiger charge is 2.43. The number of alkyl halides is 3. The van der Waals surface area contributed by atoms with E-state index >= 15 is 0 Å². The first kappa shape index (κ1) is 15.3. The average molecular weight is 275 g/mol. The van der Waals surface area contributed by atoms with Crippen LogP contribution in [-0.2, 0) is 6.54 Å². The van der Waals surface area contributed by atoms with E-state index < -0.39 is 17.9 Å². The third-order valence-electron chi connectivity index (χ3n) is 2.66. The molecular weight excluding hydrogens is 259 g/mol. The van der Waals surface area contributed by atoms with Crippen molar-refractivity contribution < 1.29 is 18.4 Å². The predicted octanol–water partition coefficient (Wildman–Crippen LogP) is 2.04. The molecule has 0 heterocycles. The maximum atomic E-state index is 12.8. The highest BCUT2D eigenvalue weighted by molar-refractivity contribution is 5.83. The molecule has 4 nitrogen and oxygen atoms in total. The van der Waals surface area contributed by atoms with Gasteiger partial charge in [0, 0.05) is 13.1 Å². The van der Waals surface area contributed by atoms with Gasteiger partial charge in [0.25, 0.3) is 0 Å². The number of oxime groups is 1. The van der Waals surface area contributed by atoms with Crippen molar-refractivity contribution in [3.05, 3.63) is 35.9 Å². The van der Waals surface area contributed by atoms with E-state index in [0.717, 1.165) is 5.56 Å². The van der Waals surface area contributed by atoms with Gasteiger partial charge in [-0.05, 0) is 12.6 Å². The predicted molar refractivity (Wildman–Crippen MR) is 65.7 cm³/mol. The molecule has 0 bridgehead atoms. The minimum Gasteiger partial charge on any atom is -0.409 e. The normalized spacial score (nSPS) is 14.7. The van der Waals surface area contributed by atoms with Crippen LogP contribution in [0.5, 0.6) is 0 Å². The number of halogens is 3. The number of amidine groups is 1. The van der Waals surface area contributed by atoms with Crippen molar-refractivity contribution in [2.45, 2.75) is 12.7 Å². The standard InChI is InChI=1S/C12H16F3N3O/c1-18(7-9-5-3-2-4-6-9)8-10(11(16)17-19)12(13,14)15/h2-6,10,19H,7-8H2,1H3,(H2,16,17). The van der Waals surface area contributed by atoms with E-state index in [9.17, 15) is 13.2 Å². The lowest BCUT2D eigenvalue weighted by Crippen LogP contribution is -2.43. The second-order valence-electron chi connectivity index (χ2n) is 4.30. The van der Waals surface area contributed by atoms with Gasteiger partial charge in [-0.15, -0.1) is 0 Å². The Hall–Kier alpha value is -1.76. The molecule has 0 saturated heterocycles. The van der Waals surface area contributed by atoms with Crippen molar-refractivity contribution in [2.75, 3.05) is 13.6 Å². The zero-order valence-corrected chi connectivity index (χ0v) is 10.4. The summed E-state index contributed by atoms with van der Waals surface area (Å²) >= 11 is 0. The molecule has 7 heteroatoms. The van der Waals surface area contributed by atoms with Crippen molar-refractivity contribution in [1.29, 1.82) is 0 Å². The van der Waals surface area contributed by atoms with Gasteiger partial charge >= 0.3 is 6.18 Å². The van der Waals surface area contributed by atoms with E-state index in [1.54, 1.807) is 7.05 Å². The third-order valence-corrected chi connectivity index (χ3v) is 2.66. The summed E-state index contributed by atoms with van der Waals surface area (Å²) in [7, 11) is 1.55. The van der Waals surface area contributed by atoms with Crippen molar-refractivity contribution >= 4 is 5.84 Å². The van der Waals surface area contributed by atoms with Crippen LogP contribution in [0.15, 0.2) is 35.5 Å². The lowest BCUT2D eigenvalue weighted by atomic mass is 10.1. The molecule has 3 N–H and O–H groups in total. The quantitative estimate of drug-likeness (QED) is 0.374. The summed E-state index contributed by atoms with van der Waals surface area (Å²) in [6.45, 7) is -0.0135. The van der Waals surface area contributed by atoms with Crippen molar-refractivity contribution in [3.63, 3.8) is 0 Å². The van der Waals surface area contributed by atoms with Gasteiger partial charge in [0.1, 0.15) is 5.92 Å². The average Bonchev–Trinajstić information content (AvgIpc) is 2.35. The molecule has 0 fully saturated rings. The Kier molecular flexibility index (Phi) is 5.17. The minimum atomic E-state index is -4.54. The molecule has 0 aliphatic carbocycles. The fourth-order valence-electron chi connectivity index (χ4n) is 1.71. The molecule has 1 atom stereocenters. The smallest absolute Gasteiger partial charge is 0.400 e. The van der Waals surface area contributed by atoms with Crippen LogP contribution in [0.1, 0.15) is 5.56 Å². The number of benzene rings is 1. The summed E-state index contributed by atoms with van der Waals surface area (Å²) in [5.41, 5.74) is 5.99. The molecule has 19 heavy (non-hydrogen) atoms. The van der Waals surface area contributed by atoms with Crippen molar-refractivity contribution in [1.82, 2.24) is 4.90 Å². The van der Waals surface area contributed by atoms with Gasteiger partial charge in [0.05, 0.1) is 0 Å². The number of nitrogens with two attached hydrogens (primary N) is 1. The van der Waals surface area contributed by atoms with E-state index in [1.165, 1.54) is 4.90 Å². The minimum absolute atomic E-state index is 0.353. The Labute approximate surface area is 109 Å². The molecule has 0 aliphatic rings. The monoisotopic (exact) mass is 275 g/mol.